The number of esters is 1. The van der Waals surface area contributed by atoms with E-state index in [0.29, 0.717) is 22.9 Å². The Balaban J connectivity index is 2.23. The van der Waals surface area contributed by atoms with Crippen molar-refractivity contribution in [2.24, 2.45) is 0 Å². The number of carbonyl (C=O) groups is 1. The molecule has 0 bridgehead atoms. The molecule has 0 N–H and O–H groups in total. The maximum absolute atomic E-state index is 12.2. The molecule has 0 spiro atoms. The highest BCUT2D eigenvalue weighted by atomic mass is 16.6. The van der Waals surface area contributed by atoms with Gasteiger partial charge >= 0.3 is 5.97 Å². The van der Waals surface area contributed by atoms with E-state index >= 15 is 0 Å². The van der Waals surface area contributed by atoms with E-state index in [9.17, 15) is 4.79 Å². The predicted octanol–water partition coefficient (Wildman–Crippen LogP) is 2.79. The lowest BCUT2D eigenvalue weighted by Crippen LogP contribution is -2.07. The average molecular weight is 318 g/mol. The van der Waals surface area contributed by atoms with Crippen LogP contribution in [0.5, 0.6) is 11.5 Å². The Labute approximate surface area is 133 Å². The van der Waals surface area contributed by atoms with Crippen molar-refractivity contribution < 1.29 is 23.5 Å². The largest absolute Gasteiger partial charge is 0.493 e. The second kappa shape index (κ2) is 7.44. The second-order valence-electron chi connectivity index (χ2n) is 4.61. The molecule has 0 amide bonds. The van der Waals surface area contributed by atoms with Crippen LogP contribution in [0.3, 0.4) is 0 Å². The number of hydrogen-bond donors (Lipinski definition) is 0. The van der Waals surface area contributed by atoms with E-state index in [1.165, 1.54) is 7.11 Å². The number of allylic oxidation sites excluding steroid dienone is 1. The van der Waals surface area contributed by atoms with E-state index in [4.69, 9.17) is 18.7 Å². The van der Waals surface area contributed by atoms with Crippen LogP contribution in [0.1, 0.15) is 34.6 Å². The molecule has 2 rings (SSSR count). The van der Waals surface area contributed by atoms with Gasteiger partial charge in [0.05, 0.1) is 19.8 Å². The highest BCUT2D eigenvalue weighted by Crippen LogP contribution is 2.33. The molecule has 0 atom stereocenters. The van der Waals surface area contributed by atoms with Crippen LogP contribution in [0.2, 0.25) is 0 Å². The third-order valence-electron chi connectivity index (χ3n) is 2.99. The molecule has 1 aromatic heterocycles. The summed E-state index contributed by atoms with van der Waals surface area (Å²) in [5, 5.41) is 3.63. The predicted molar refractivity (Wildman–Crippen MR) is 82.4 cm³/mol. The van der Waals surface area contributed by atoms with Crippen molar-refractivity contribution >= 4 is 12.0 Å². The zero-order valence-corrected chi connectivity index (χ0v) is 13.5. The van der Waals surface area contributed by atoms with Crippen molar-refractivity contribution in [2.45, 2.75) is 20.5 Å². The van der Waals surface area contributed by atoms with Gasteiger partial charge in [0.2, 0.25) is 0 Å². The van der Waals surface area contributed by atoms with Gasteiger partial charge < -0.3 is 18.7 Å². The average Bonchev–Trinajstić information content (AvgIpc) is 2.97. The summed E-state index contributed by atoms with van der Waals surface area (Å²) in [6, 6.07) is 3.23. The van der Waals surface area contributed by atoms with Crippen molar-refractivity contribution in [2.75, 3.05) is 14.2 Å². The Kier molecular flexibility index (Phi) is 5.35. The van der Waals surface area contributed by atoms with E-state index < -0.39 is 5.97 Å². The lowest BCUT2D eigenvalue weighted by molar-refractivity contribution is 0.0429. The van der Waals surface area contributed by atoms with Gasteiger partial charge in [-0.2, -0.15) is 4.98 Å². The molecule has 0 aliphatic carbocycles. The van der Waals surface area contributed by atoms with Crippen LogP contribution in [0.4, 0.5) is 0 Å². The minimum atomic E-state index is -0.521. The lowest BCUT2D eigenvalue weighted by Gasteiger charge is -2.12. The van der Waals surface area contributed by atoms with Crippen LogP contribution in [0, 0.1) is 6.92 Å². The van der Waals surface area contributed by atoms with Crippen LogP contribution >= 0.6 is 0 Å². The zero-order chi connectivity index (χ0) is 16.8. The maximum atomic E-state index is 12.2. The molecule has 0 radical (unpaired) electrons. The molecule has 0 saturated heterocycles. The van der Waals surface area contributed by atoms with Crippen LogP contribution in [-0.2, 0) is 11.3 Å². The molecule has 1 aromatic carbocycles. The number of aryl methyl sites for hydroxylation is 1. The molecule has 2 aromatic rings. The number of carbonyl (C=O) groups excluding carboxylic acids is 1. The highest BCUT2D eigenvalue weighted by Gasteiger charge is 2.17. The Morgan fingerprint density at radius 2 is 2.09 bits per heavy atom. The first-order valence-electron chi connectivity index (χ1n) is 6.94. The summed E-state index contributed by atoms with van der Waals surface area (Å²) in [5.74, 6) is 1.20. The fourth-order valence-electron chi connectivity index (χ4n) is 2.02. The fourth-order valence-corrected chi connectivity index (χ4v) is 2.02. The molecule has 0 fully saturated rings. The first-order chi connectivity index (χ1) is 11.1. The van der Waals surface area contributed by atoms with Gasteiger partial charge in [0.15, 0.2) is 23.9 Å². The fraction of sp³-hybridized carbons (Fsp3) is 0.312. The van der Waals surface area contributed by atoms with Gasteiger partial charge in [-0.1, -0.05) is 17.3 Å². The van der Waals surface area contributed by atoms with Crippen LogP contribution < -0.4 is 9.47 Å². The number of ether oxygens (including phenoxy) is 3. The molecule has 0 unspecified atom stereocenters. The van der Waals surface area contributed by atoms with E-state index in [0.717, 1.165) is 5.56 Å². The maximum Gasteiger partial charge on any atom is 0.338 e. The van der Waals surface area contributed by atoms with Gasteiger partial charge in [0.25, 0.3) is 5.89 Å². The van der Waals surface area contributed by atoms with Crippen molar-refractivity contribution in [1.82, 2.24) is 10.1 Å². The first-order valence-corrected chi connectivity index (χ1v) is 6.94. The van der Waals surface area contributed by atoms with Crippen molar-refractivity contribution in [3.8, 4) is 11.5 Å². The number of benzene rings is 1. The standard InChI is InChI=1S/C16H18N2O5/c1-5-6-11-7-12(8-13(20-3)15(11)21-4)16(19)22-9-14-17-10(2)18-23-14/h5-8H,9H2,1-4H3/b6-5+. The SMILES string of the molecule is C/C=C/c1cc(C(=O)OCc2nc(C)no2)cc(OC)c1OC. The molecular weight excluding hydrogens is 300 g/mol. The van der Waals surface area contributed by atoms with Gasteiger partial charge in [-0.15, -0.1) is 0 Å². The molecule has 0 aliphatic heterocycles. The Hall–Kier alpha value is -2.83. The summed E-state index contributed by atoms with van der Waals surface area (Å²) in [6.45, 7) is 3.47. The summed E-state index contributed by atoms with van der Waals surface area (Å²) in [7, 11) is 3.05. The number of methoxy groups -OCH3 is 2. The molecule has 23 heavy (non-hydrogen) atoms. The molecule has 0 saturated carbocycles. The topological polar surface area (TPSA) is 83.7 Å². The number of rotatable bonds is 6. The normalized spacial score (nSPS) is 10.8. The van der Waals surface area contributed by atoms with Crippen LogP contribution in [0.15, 0.2) is 22.7 Å². The number of aromatic nitrogens is 2. The minimum Gasteiger partial charge on any atom is -0.493 e. The van der Waals surface area contributed by atoms with Gasteiger partial charge in [-0.3, -0.25) is 0 Å². The van der Waals surface area contributed by atoms with Gasteiger partial charge in [0, 0.05) is 5.56 Å². The van der Waals surface area contributed by atoms with E-state index in [1.807, 2.05) is 19.1 Å². The van der Waals surface area contributed by atoms with Gasteiger partial charge in [-0.05, 0) is 26.0 Å². The molecule has 7 heteroatoms. The number of hydrogen-bond acceptors (Lipinski definition) is 7. The zero-order valence-electron chi connectivity index (χ0n) is 13.5. The van der Waals surface area contributed by atoms with E-state index in [2.05, 4.69) is 10.1 Å². The van der Waals surface area contributed by atoms with Crippen LogP contribution in [0.25, 0.3) is 6.08 Å². The summed E-state index contributed by atoms with van der Waals surface area (Å²) in [4.78, 5) is 16.2. The van der Waals surface area contributed by atoms with Crippen molar-refractivity contribution in [3.63, 3.8) is 0 Å². The summed E-state index contributed by atoms with van der Waals surface area (Å²) < 4.78 is 20.7. The molecule has 122 valence electrons. The van der Waals surface area contributed by atoms with Crippen molar-refractivity contribution in [1.29, 1.82) is 0 Å². The van der Waals surface area contributed by atoms with E-state index in [-0.39, 0.29) is 12.5 Å². The summed E-state index contributed by atoms with van der Waals surface area (Å²) in [6.07, 6.45) is 3.66. The van der Waals surface area contributed by atoms with E-state index in [1.54, 1.807) is 26.2 Å². The monoisotopic (exact) mass is 318 g/mol. The van der Waals surface area contributed by atoms with Gasteiger partial charge in [-0.25, -0.2) is 4.79 Å². The third-order valence-corrected chi connectivity index (χ3v) is 2.99. The Bertz CT molecular complexity index is 721. The Morgan fingerprint density at radius 1 is 1.30 bits per heavy atom. The van der Waals surface area contributed by atoms with Crippen molar-refractivity contribution in [3.05, 3.63) is 41.1 Å². The Morgan fingerprint density at radius 3 is 2.65 bits per heavy atom. The van der Waals surface area contributed by atoms with Crippen LogP contribution in [-0.4, -0.2) is 30.3 Å². The quantitative estimate of drug-likeness (QED) is 0.757. The molecular formula is C16H18N2O5. The molecule has 7 nitrogen and oxygen atoms in total. The minimum absolute atomic E-state index is 0.0903. The van der Waals surface area contributed by atoms with Gasteiger partial charge in [0.1, 0.15) is 0 Å². The molecule has 1 heterocycles. The first kappa shape index (κ1) is 16.5. The lowest BCUT2D eigenvalue weighted by atomic mass is 10.1. The summed E-state index contributed by atoms with van der Waals surface area (Å²) >= 11 is 0. The highest BCUT2D eigenvalue weighted by molar-refractivity contribution is 5.91. The second-order valence-corrected chi connectivity index (χ2v) is 4.61. The number of nitrogens with zero attached hydrogens (tertiary/aromatic N) is 2. The molecule has 0 aliphatic rings. The summed E-state index contributed by atoms with van der Waals surface area (Å²) in [5.41, 5.74) is 1.06. The smallest absolute Gasteiger partial charge is 0.338 e. The third kappa shape index (κ3) is 3.88.